The Morgan fingerprint density at radius 2 is 2.11 bits per heavy atom. The summed E-state index contributed by atoms with van der Waals surface area (Å²) in [5, 5.41) is 8.42. The molecule has 56 valence electrons. The molecule has 0 saturated carbocycles. The molecule has 0 aliphatic rings. The van der Waals surface area contributed by atoms with Crippen molar-refractivity contribution in [3.05, 3.63) is 0 Å². The number of hydrogen-bond donors (Lipinski definition) is 1. The molecule has 0 aromatic heterocycles. The highest BCUT2D eigenvalue weighted by Gasteiger charge is 1.92. The van der Waals surface area contributed by atoms with Crippen LogP contribution in [-0.2, 0) is 0 Å². The lowest BCUT2D eigenvalue weighted by Gasteiger charge is -2.01. The average molecular weight is 148 g/mol. The quantitative estimate of drug-likeness (QED) is 0.599. The molecule has 0 heterocycles. The first kappa shape index (κ1) is 9.31. The molecule has 0 rings (SSSR count). The van der Waals surface area contributed by atoms with Crippen LogP contribution >= 0.6 is 11.8 Å². The molecule has 2 heteroatoms. The number of aliphatic hydroxyl groups is 1. The first-order valence-corrected chi connectivity index (χ1v) is 4.61. The molecule has 0 spiro atoms. The molecule has 0 aromatic carbocycles. The fourth-order valence-electron chi connectivity index (χ4n) is 0.486. The standard InChI is InChI=1S/C7H16OS/c1-7(2)6-9-5-3-4-8/h7-8H,3-6H2,1-2H3. The van der Waals surface area contributed by atoms with E-state index >= 15 is 0 Å². The predicted octanol–water partition coefficient (Wildman–Crippen LogP) is 1.76. The third-order valence-electron chi connectivity index (χ3n) is 0.898. The maximum absolute atomic E-state index is 8.42. The van der Waals surface area contributed by atoms with Gasteiger partial charge in [-0.3, -0.25) is 0 Å². The highest BCUT2D eigenvalue weighted by atomic mass is 32.2. The Morgan fingerprint density at radius 3 is 2.56 bits per heavy atom. The molecule has 0 atom stereocenters. The van der Waals surface area contributed by atoms with Gasteiger partial charge in [-0.1, -0.05) is 13.8 Å². The number of rotatable bonds is 5. The van der Waals surface area contributed by atoms with E-state index in [0.29, 0.717) is 6.61 Å². The topological polar surface area (TPSA) is 20.2 Å². The van der Waals surface area contributed by atoms with Crippen LogP contribution in [0.5, 0.6) is 0 Å². The van der Waals surface area contributed by atoms with Crippen molar-refractivity contribution in [1.29, 1.82) is 0 Å². The minimum atomic E-state index is 0.338. The van der Waals surface area contributed by atoms with Crippen LogP contribution in [0.2, 0.25) is 0 Å². The fourth-order valence-corrected chi connectivity index (χ4v) is 1.46. The van der Waals surface area contributed by atoms with Gasteiger partial charge in [-0.25, -0.2) is 0 Å². The van der Waals surface area contributed by atoms with Crippen molar-refractivity contribution in [3.63, 3.8) is 0 Å². The first-order valence-electron chi connectivity index (χ1n) is 3.46. The highest BCUT2D eigenvalue weighted by Crippen LogP contribution is 2.07. The van der Waals surface area contributed by atoms with Gasteiger partial charge in [0.15, 0.2) is 0 Å². The monoisotopic (exact) mass is 148 g/mol. The summed E-state index contributed by atoms with van der Waals surface area (Å²) in [4.78, 5) is 0. The molecule has 0 radical (unpaired) electrons. The Labute approximate surface area is 61.8 Å². The molecule has 0 aromatic rings. The van der Waals surface area contributed by atoms with Crippen LogP contribution in [0.1, 0.15) is 20.3 Å². The van der Waals surface area contributed by atoms with Crippen LogP contribution in [0.15, 0.2) is 0 Å². The third-order valence-corrected chi connectivity index (χ3v) is 2.38. The summed E-state index contributed by atoms with van der Waals surface area (Å²) in [5.41, 5.74) is 0. The summed E-state index contributed by atoms with van der Waals surface area (Å²) in [5.74, 6) is 3.11. The van der Waals surface area contributed by atoms with Crippen LogP contribution < -0.4 is 0 Å². The van der Waals surface area contributed by atoms with E-state index in [4.69, 9.17) is 5.11 Å². The summed E-state index contributed by atoms with van der Waals surface area (Å²) in [6.45, 7) is 4.77. The van der Waals surface area contributed by atoms with E-state index in [1.165, 1.54) is 5.75 Å². The molecule has 0 aliphatic heterocycles. The summed E-state index contributed by atoms with van der Waals surface area (Å²) in [6, 6.07) is 0. The molecule has 0 fully saturated rings. The Bertz CT molecular complexity index is 54.9. The molecule has 0 amide bonds. The largest absolute Gasteiger partial charge is 0.396 e. The van der Waals surface area contributed by atoms with Crippen molar-refractivity contribution in [2.45, 2.75) is 20.3 Å². The number of hydrogen-bond acceptors (Lipinski definition) is 2. The van der Waals surface area contributed by atoms with E-state index in [1.54, 1.807) is 0 Å². The van der Waals surface area contributed by atoms with Crippen molar-refractivity contribution in [2.24, 2.45) is 5.92 Å². The summed E-state index contributed by atoms with van der Waals surface area (Å²) in [6.07, 6.45) is 0.942. The van der Waals surface area contributed by atoms with Crippen molar-refractivity contribution in [2.75, 3.05) is 18.1 Å². The zero-order chi connectivity index (χ0) is 7.11. The first-order chi connectivity index (χ1) is 4.27. The lowest BCUT2D eigenvalue weighted by molar-refractivity contribution is 0.296. The lowest BCUT2D eigenvalue weighted by Crippen LogP contribution is -1.93. The molecule has 0 saturated heterocycles. The van der Waals surface area contributed by atoms with Crippen LogP contribution in [-0.4, -0.2) is 23.2 Å². The van der Waals surface area contributed by atoms with E-state index in [0.717, 1.165) is 18.1 Å². The second-order valence-electron chi connectivity index (χ2n) is 2.55. The van der Waals surface area contributed by atoms with Gasteiger partial charge < -0.3 is 5.11 Å². The second kappa shape index (κ2) is 6.43. The summed E-state index contributed by atoms with van der Waals surface area (Å²) >= 11 is 1.93. The normalized spacial score (nSPS) is 10.7. The van der Waals surface area contributed by atoms with Crippen molar-refractivity contribution in [3.8, 4) is 0 Å². The third kappa shape index (κ3) is 8.31. The minimum absolute atomic E-state index is 0.338. The van der Waals surface area contributed by atoms with Crippen molar-refractivity contribution < 1.29 is 5.11 Å². The maximum atomic E-state index is 8.42. The highest BCUT2D eigenvalue weighted by molar-refractivity contribution is 7.99. The molecule has 0 bridgehead atoms. The van der Waals surface area contributed by atoms with Gasteiger partial charge in [-0.05, 0) is 23.8 Å². The summed E-state index contributed by atoms with van der Waals surface area (Å²) < 4.78 is 0. The number of aliphatic hydroxyl groups excluding tert-OH is 1. The van der Waals surface area contributed by atoms with Gasteiger partial charge >= 0.3 is 0 Å². The number of thioether (sulfide) groups is 1. The van der Waals surface area contributed by atoms with Crippen LogP contribution in [0.4, 0.5) is 0 Å². The fraction of sp³-hybridized carbons (Fsp3) is 1.00. The van der Waals surface area contributed by atoms with Gasteiger partial charge in [0.2, 0.25) is 0 Å². The van der Waals surface area contributed by atoms with Gasteiger partial charge in [0.1, 0.15) is 0 Å². The van der Waals surface area contributed by atoms with Crippen LogP contribution in [0.3, 0.4) is 0 Å². The van der Waals surface area contributed by atoms with Crippen molar-refractivity contribution >= 4 is 11.8 Å². The molecule has 0 unspecified atom stereocenters. The zero-order valence-corrected chi connectivity index (χ0v) is 7.08. The molecule has 0 aliphatic carbocycles. The summed E-state index contributed by atoms with van der Waals surface area (Å²) in [7, 11) is 0. The van der Waals surface area contributed by atoms with Gasteiger partial charge in [0, 0.05) is 6.61 Å². The van der Waals surface area contributed by atoms with E-state index < -0.39 is 0 Å². The second-order valence-corrected chi connectivity index (χ2v) is 3.70. The molecular formula is C7H16OS. The molecular weight excluding hydrogens is 132 g/mol. The minimum Gasteiger partial charge on any atom is -0.396 e. The molecule has 9 heavy (non-hydrogen) atoms. The Kier molecular flexibility index (Phi) is 6.65. The molecule has 1 nitrogen and oxygen atoms in total. The average Bonchev–Trinajstić information content (AvgIpc) is 1.80. The Morgan fingerprint density at radius 1 is 1.44 bits per heavy atom. The zero-order valence-electron chi connectivity index (χ0n) is 6.26. The smallest absolute Gasteiger partial charge is 0.0438 e. The van der Waals surface area contributed by atoms with E-state index in [-0.39, 0.29) is 0 Å². The van der Waals surface area contributed by atoms with Crippen LogP contribution in [0, 0.1) is 5.92 Å². The maximum Gasteiger partial charge on any atom is 0.0438 e. The molecule has 1 N–H and O–H groups in total. The van der Waals surface area contributed by atoms with Gasteiger partial charge in [-0.2, -0.15) is 11.8 Å². The Balaban J connectivity index is 2.75. The van der Waals surface area contributed by atoms with Gasteiger partial charge in [0.05, 0.1) is 0 Å². The Hall–Kier alpha value is 0.310. The van der Waals surface area contributed by atoms with Gasteiger partial charge in [-0.15, -0.1) is 0 Å². The van der Waals surface area contributed by atoms with E-state index in [9.17, 15) is 0 Å². The van der Waals surface area contributed by atoms with E-state index in [1.807, 2.05) is 11.8 Å². The van der Waals surface area contributed by atoms with Crippen molar-refractivity contribution in [1.82, 2.24) is 0 Å². The van der Waals surface area contributed by atoms with E-state index in [2.05, 4.69) is 13.8 Å². The lowest BCUT2D eigenvalue weighted by atomic mass is 10.3. The van der Waals surface area contributed by atoms with Gasteiger partial charge in [0.25, 0.3) is 0 Å². The predicted molar refractivity (Wildman–Crippen MR) is 43.9 cm³/mol. The SMILES string of the molecule is CC(C)CSCCCO. The van der Waals surface area contributed by atoms with Crippen LogP contribution in [0.25, 0.3) is 0 Å².